The lowest BCUT2D eigenvalue weighted by molar-refractivity contribution is -0.146. The summed E-state index contributed by atoms with van der Waals surface area (Å²) in [6, 6.07) is 13.1. The molecule has 1 spiro atoms. The molecule has 0 aromatic heterocycles. The van der Waals surface area contributed by atoms with E-state index in [2.05, 4.69) is 20.1 Å². The molecule has 3 fully saturated rings. The lowest BCUT2D eigenvalue weighted by atomic mass is 9.66. The third-order valence-corrected chi connectivity index (χ3v) is 11.5. The Morgan fingerprint density at radius 3 is 2.43 bits per heavy atom. The Morgan fingerprint density at radius 2 is 1.81 bits per heavy atom. The lowest BCUT2D eigenvalue weighted by Crippen LogP contribution is -2.56. The summed E-state index contributed by atoms with van der Waals surface area (Å²) in [4.78, 5) is 48.5. The molecule has 7 nitrogen and oxygen atoms in total. The van der Waals surface area contributed by atoms with Crippen molar-refractivity contribution in [1.82, 2.24) is 9.80 Å². The van der Waals surface area contributed by atoms with Crippen LogP contribution >= 0.6 is 23.4 Å². The fourth-order valence-corrected chi connectivity index (χ4v) is 10.1. The van der Waals surface area contributed by atoms with Gasteiger partial charge in [0, 0.05) is 24.9 Å². The van der Waals surface area contributed by atoms with Crippen molar-refractivity contribution in [1.29, 1.82) is 0 Å². The second-order valence-corrected chi connectivity index (χ2v) is 14.0. The molecule has 0 aliphatic carbocycles. The van der Waals surface area contributed by atoms with Crippen molar-refractivity contribution in [3.05, 3.63) is 90.0 Å². The molecule has 2 aromatic carbocycles. The van der Waals surface area contributed by atoms with Crippen LogP contribution in [0.5, 0.6) is 0 Å². The number of anilines is 1. The number of likely N-dealkylation sites (N-methyl/N-ethyl adjacent to an activating group) is 1. The van der Waals surface area contributed by atoms with E-state index >= 15 is 4.79 Å². The highest BCUT2D eigenvalue weighted by atomic mass is 35.5. The number of para-hydroxylation sites is 1. The topological polar surface area (TPSA) is 81.2 Å². The van der Waals surface area contributed by atoms with Gasteiger partial charge in [-0.2, -0.15) is 0 Å². The Balaban J connectivity index is 1.70. The molecule has 2 aromatic rings. The maximum Gasteiger partial charge on any atom is 0.251 e. The molecule has 42 heavy (non-hydrogen) atoms. The van der Waals surface area contributed by atoms with E-state index in [4.69, 9.17) is 11.6 Å². The van der Waals surface area contributed by atoms with E-state index in [-0.39, 0.29) is 30.9 Å². The molecule has 5 rings (SSSR count). The Kier molecular flexibility index (Phi) is 8.36. The van der Waals surface area contributed by atoms with Crippen LogP contribution in [0, 0.1) is 18.8 Å². The molecule has 2 bridgehead atoms. The standard InChI is InChI=1S/C33H38ClN3O4S/c1-6-18-35(5)29(39)25-26-30(40)37(24(20-38)22-13-9-8-10-14-22)28(33(26)17-16-32(25,4)42-33)31(41)36(19-7-2)27-21(3)12-11-15-23(27)34/h6-15,24-26,28,38H,1-2,16-20H2,3-5H3/t24-,25-,26+,28?,32+,33?/m1/s1. The SMILES string of the molecule is C=CCN(C)C(=O)[C@H]1[C@H]2C(=O)N([C@H](CO)c3ccccc3)C(C(=O)N(CC=C)c3c(C)cccc3Cl)C23CC[C@]1(C)S3. The first kappa shape index (κ1) is 30.4. The van der Waals surface area contributed by atoms with E-state index in [1.165, 1.54) is 0 Å². The van der Waals surface area contributed by atoms with E-state index in [0.29, 0.717) is 30.1 Å². The molecule has 0 saturated carbocycles. The summed E-state index contributed by atoms with van der Waals surface area (Å²) in [7, 11) is 1.73. The lowest BCUT2D eigenvalue weighted by Gasteiger charge is -2.40. The zero-order valence-electron chi connectivity index (χ0n) is 24.3. The number of halogens is 1. The van der Waals surface area contributed by atoms with Gasteiger partial charge in [-0.15, -0.1) is 24.9 Å². The molecule has 2 unspecified atom stereocenters. The third kappa shape index (κ3) is 4.59. The smallest absolute Gasteiger partial charge is 0.251 e. The summed E-state index contributed by atoms with van der Waals surface area (Å²) in [6.07, 6.45) is 4.61. The summed E-state index contributed by atoms with van der Waals surface area (Å²) in [5, 5.41) is 11.2. The third-order valence-electron chi connectivity index (χ3n) is 9.22. The van der Waals surface area contributed by atoms with Crippen LogP contribution < -0.4 is 4.90 Å². The quantitative estimate of drug-likeness (QED) is 0.383. The van der Waals surface area contributed by atoms with Gasteiger partial charge in [0.25, 0.3) is 5.91 Å². The van der Waals surface area contributed by atoms with Crippen LogP contribution in [0.15, 0.2) is 73.8 Å². The molecular weight excluding hydrogens is 570 g/mol. The number of thioether (sulfide) groups is 1. The number of aliphatic hydroxyl groups excluding tert-OH is 1. The number of hydrogen-bond acceptors (Lipinski definition) is 5. The van der Waals surface area contributed by atoms with Gasteiger partial charge < -0.3 is 19.8 Å². The molecule has 3 amide bonds. The van der Waals surface area contributed by atoms with Crippen LogP contribution in [-0.2, 0) is 14.4 Å². The first-order chi connectivity index (χ1) is 20.1. The van der Waals surface area contributed by atoms with Gasteiger partial charge >= 0.3 is 0 Å². The van der Waals surface area contributed by atoms with Crippen molar-refractivity contribution in [3.63, 3.8) is 0 Å². The van der Waals surface area contributed by atoms with Gasteiger partial charge in [-0.3, -0.25) is 14.4 Å². The Bertz CT molecular complexity index is 1400. The number of fused-ring (bicyclic) bond motifs is 1. The Labute approximate surface area is 257 Å². The highest BCUT2D eigenvalue weighted by molar-refractivity contribution is 8.02. The van der Waals surface area contributed by atoms with Gasteiger partial charge in [-0.05, 0) is 43.9 Å². The first-order valence-corrected chi connectivity index (χ1v) is 15.5. The normalized spacial score (nSPS) is 28.4. The molecule has 3 aliphatic rings. The zero-order chi connectivity index (χ0) is 30.4. The number of nitrogens with zero attached hydrogens (tertiary/aromatic N) is 3. The molecule has 0 radical (unpaired) electrons. The van der Waals surface area contributed by atoms with Crippen LogP contribution in [-0.4, -0.2) is 74.9 Å². The fraction of sp³-hybridized carbons (Fsp3) is 0.424. The Morgan fingerprint density at radius 1 is 1.12 bits per heavy atom. The molecular formula is C33H38ClN3O4S. The number of aryl methyl sites for hydroxylation is 1. The van der Waals surface area contributed by atoms with Gasteiger partial charge in [0.15, 0.2) is 0 Å². The van der Waals surface area contributed by atoms with Crippen LogP contribution in [0.25, 0.3) is 0 Å². The van der Waals surface area contributed by atoms with E-state index in [9.17, 15) is 14.7 Å². The van der Waals surface area contributed by atoms with E-state index in [0.717, 1.165) is 11.1 Å². The molecule has 3 heterocycles. The van der Waals surface area contributed by atoms with Gasteiger partial charge in [-0.25, -0.2) is 0 Å². The van der Waals surface area contributed by atoms with E-state index in [1.807, 2.05) is 49.4 Å². The average molecular weight is 608 g/mol. The van der Waals surface area contributed by atoms with Gasteiger partial charge in [0.1, 0.15) is 6.04 Å². The maximum atomic E-state index is 15.0. The largest absolute Gasteiger partial charge is 0.394 e. The number of carbonyl (C=O) groups excluding carboxylic acids is 3. The summed E-state index contributed by atoms with van der Waals surface area (Å²) in [6.45, 7) is 11.8. The predicted octanol–water partition coefficient (Wildman–Crippen LogP) is 5.03. The number of hydrogen-bond donors (Lipinski definition) is 1. The maximum absolute atomic E-state index is 15.0. The predicted molar refractivity (Wildman–Crippen MR) is 168 cm³/mol. The number of likely N-dealkylation sites (tertiary alicyclic amines) is 1. The molecule has 9 heteroatoms. The highest BCUT2D eigenvalue weighted by Gasteiger charge is 2.78. The zero-order valence-corrected chi connectivity index (χ0v) is 25.9. The Hall–Kier alpha value is -3.07. The molecule has 3 aliphatic heterocycles. The van der Waals surface area contributed by atoms with E-state index in [1.54, 1.807) is 51.7 Å². The van der Waals surface area contributed by atoms with Crippen LogP contribution in [0.2, 0.25) is 5.02 Å². The first-order valence-electron chi connectivity index (χ1n) is 14.3. The summed E-state index contributed by atoms with van der Waals surface area (Å²) < 4.78 is -1.36. The van der Waals surface area contributed by atoms with Crippen LogP contribution in [0.3, 0.4) is 0 Å². The van der Waals surface area contributed by atoms with Gasteiger partial charge in [-0.1, -0.05) is 66.2 Å². The minimum Gasteiger partial charge on any atom is -0.394 e. The minimum atomic E-state index is -0.933. The monoisotopic (exact) mass is 607 g/mol. The molecule has 222 valence electrons. The molecule has 3 saturated heterocycles. The van der Waals surface area contributed by atoms with Crippen LogP contribution in [0.4, 0.5) is 5.69 Å². The molecule has 1 N–H and O–H groups in total. The second kappa shape index (κ2) is 11.5. The van der Waals surface area contributed by atoms with Gasteiger partial charge in [0.2, 0.25) is 11.8 Å². The number of carbonyl (C=O) groups is 3. The van der Waals surface area contributed by atoms with Gasteiger partial charge in [0.05, 0.1) is 39.9 Å². The van der Waals surface area contributed by atoms with Crippen molar-refractivity contribution in [2.24, 2.45) is 11.8 Å². The van der Waals surface area contributed by atoms with Crippen molar-refractivity contribution in [2.45, 2.75) is 48.3 Å². The number of aliphatic hydroxyl groups is 1. The molecule has 6 atom stereocenters. The number of benzene rings is 2. The van der Waals surface area contributed by atoms with Crippen molar-refractivity contribution >= 4 is 46.8 Å². The van der Waals surface area contributed by atoms with Crippen molar-refractivity contribution in [3.8, 4) is 0 Å². The number of amides is 3. The van der Waals surface area contributed by atoms with Crippen molar-refractivity contribution < 1.29 is 19.5 Å². The second-order valence-electron chi connectivity index (χ2n) is 11.7. The minimum absolute atomic E-state index is 0.122. The summed E-state index contributed by atoms with van der Waals surface area (Å²) in [5.74, 6) is -2.01. The van der Waals surface area contributed by atoms with Crippen molar-refractivity contribution in [2.75, 3.05) is 31.6 Å². The highest BCUT2D eigenvalue weighted by Crippen LogP contribution is 2.72. The number of rotatable bonds is 10. The summed E-state index contributed by atoms with van der Waals surface area (Å²) in [5.41, 5.74) is 2.11. The fourth-order valence-electron chi connectivity index (χ4n) is 7.44. The van der Waals surface area contributed by atoms with E-state index < -0.39 is 33.4 Å². The summed E-state index contributed by atoms with van der Waals surface area (Å²) >= 11 is 8.29. The average Bonchev–Trinajstić information content (AvgIpc) is 3.54. The van der Waals surface area contributed by atoms with Crippen LogP contribution in [0.1, 0.15) is 36.9 Å².